The molecule has 0 aliphatic rings. The number of carbonyl (C=O) groups excluding carboxylic acids is 1. The van der Waals surface area contributed by atoms with Gasteiger partial charge in [-0.25, -0.2) is 0 Å². The molecule has 0 aromatic rings. The summed E-state index contributed by atoms with van der Waals surface area (Å²) < 4.78 is 4.80. The van der Waals surface area contributed by atoms with Crippen LogP contribution in [0.1, 0.15) is 33.1 Å². The summed E-state index contributed by atoms with van der Waals surface area (Å²) in [4.78, 5) is 11.0. The molecule has 0 aliphatic carbocycles. The topological polar surface area (TPSA) is 26.3 Å². The Kier molecular flexibility index (Phi) is 5.90. The third kappa shape index (κ3) is 4.82. The summed E-state index contributed by atoms with van der Waals surface area (Å²) in [5.74, 6) is -0.337. The lowest BCUT2D eigenvalue weighted by molar-refractivity contribution is -0.146. The van der Waals surface area contributed by atoms with Crippen LogP contribution in [0, 0.1) is 12.8 Å². The van der Waals surface area contributed by atoms with Crippen LogP contribution >= 0.6 is 0 Å². The zero-order valence-electron chi connectivity index (χ0n) is 7.43. The molecule has 1 unspecified atom stereocenters. The van der Waals surface area contributed by atoms with Crippen molar-refractivity contribution in [2.24, 2.45) is 5.92 Å². The molecule has 0 aromatic carbocycles. The van der Waals surface area contributed by atoms with Gasteiger partial charge in [0.05, 0.1) is 12.5 Å². The van der Waals surface area contributed by atoms with Crippen LogP contribution in [0.2, 0.25) is 0 Å². The number of carbonyl (C=O) groups is 1. The Morgan fingerprint density at radius 2 is 2.18 bits per heavy atom. The highest BCUT2D eigenvalue weighted by Crippen LogP contribution is 2.08. The van der Waals surface area contributed by atoms with Crippen LogP contribution in [-0.4, -0.2) is 12.6 Å². The van der Waals surface area contributed by atoms with Gasteiger partial charge in [-0.15, -0.1) is 0 Å². The predicted octanol–water partition coefficient (Wildman–Crippen LogP) is 2.19. The minimum Gasteiger partial charge on any atom is -0.466 e. The molecule has 0 rings (SSSR count). The van der Waals surface area contributed by atoms with Gasteiger partial charge < -0.3 is 4.74 Å². The summed E-state index contributed by atoms with van der Waals surface area (Å²) in [6, 6.07) is 0. The van der Waals surface area contributed by atoms with E-state index in [1.54, 1.807) is 0 Å². The van der Waals surface area contributed by atoms with E-state index >= 15 is 0 Å². The van der Waals surface area contributed by atoms with E-state index in [0.29, 0.717) is 6.61 Å². The number of hydrogen-bond donors (Lipinski definition) is 0. The molecule has 0 spiro atoms. The molecule has 0 bridgehead atoms. The van der Waals surface area contributed by atoms with Gasteiger partial charge in [-0.2, -0.15) is 0 Å². The lowest BCUT2D eigenvalue weighted by Gasteiger charge is -2.08. The summed E-state index contributed by atoms with van der Waals surface area (Å²) in [5, 5.41) is 0. The smallest absolute Gasteiger partial charge is 0.308 e. The maximum Gasteiger partial charge on any atom is 0.308 e. The quantitative estimate of drug-likeness (QED) is 0.572. The van der Waals surface area contributed by atoms with Crippen molar-refractivity contribution >= 4 is 5.97 Å². The monoisotopic (exact) mass is 157 g/mol. The van der Waals surface area contributed by atoms with E-state index in [0.717, 1.165) is 19.3 Å². The van der Waals surface area contributed by atoms with E-state index in [4.69, 9.17) is 4.74 Å². The lowest BCUT2D eigenvalue weighted by atomic mass is 10.1. The highest BCUT2D eigenvalue weighted by molar-refractivity contribution is 5.72. The van der Waals surface area contributed by atoms with Gasteiger partial charge in [0.1, 0.15) is 0 Å². The Bertz CT molecular complexity index is 110. The van der Waals surface area contributed by atoms with Gasteiger partial charge in [0.2, 0.25) is 0 Å². The summed E-state index contributed by atoms with van der Waals surface area (Å²) in [7, 11) is 0. The van der Waals surface area contributed by atoms with Gasteiger partial charge in [-0.05, 0) is 20.3 Å². The van der Waals surface area contributed by atoms with Crippen molar-refractivity contribution in [3.63, 3.8) is 0 Å². The van der Waals surface area contributed by atoms with Gasteiger partial charge in [0, 0.05) is 0 Å². The molecular weight excluding hydrogens is 140 g/mol. The van der Waals surface area contributed by atoms with E-state index in [9.17, 15) is 4.79 Å². The molecule has 0 aromatic heterocycles. The number of unbranched alkanes of at least 4 members (excludes halogenated alkanes) is 1. The number of esters is 1. The second-order valence-electron chi connectivity index (χ2n) is 2.59. The van der Waals surface area contributed by atoms with Gasteiger partial charge in [-0.1, -0.05) is 19.8 Å². The average molecular weight is 157 g/mol. The molecule has 1 atom stereocenters. The summed E-state index contributed by atoms with van der Waals surface area (Å²) in [5.41, 5.74) is 0. The number of rotatable bonds is 5. The minimum atomic E-state index is -0.171. The molecule has 0 heterocycles. The molecule has 2 heteroatoms. The predicted molar refractivity (Wildman–Crippen MR) is 45.0 cm³/mol. The first kappa shape index (κ1) is 10.5. The standard InChI is InChI=1S/C9H17O2/c1-4-6-7-8(3)9(10)11-5-2/h8H,3-7H2,1-2H3. The van der Waals surface area contributed by atoms with Crippen molar-refractivity contribution in [3.05, 3.63) is 6.92 Å². The largest absolute Gasteiger partial charge is 0.466 e. The van der Waals surface area contributed by atoms with Crippen molar-refractivity contribution in [1.82, 2.24) is 0 Å². The maximum absolute atomic E-state index is 11.0. The van der Waals surface area contributed by atoms with Gasteiger partial charge in [0.25, 0.3) is 0 Å². The second kappa shape index (κ2) is 6.20. The summed E-state index contributed by atoms with van der Waals surface area (Å²) in [6.07, 6.45) is 2.99. The van der Waals surface area contributed by atoms with Crippen LogP contribution in [0.15, 0.2) is 0 Å². The van der Waals surface area contributed by atoms with Gasteiger partial charge >= 0.3 is 5.97 Å². The first-order valence-corrected chi connectivity index (χ1v) is 4.22. The van der Waals surface area contributed by atoms with E-state index in [-0.39, 0.29) is 11.9 Å². The fourth-order valence-electron chi connectivity index (χ4n) is 0.828. The second-order valence-corrected chi connectivity index (χ2v) is 2.59. The normalized spacial score (nSPS) is 12.6. The molecule has 0 N–H and O–H groups in total. The molecule has 0 saturated heterocycles. The van der Waals surface area contributed by atoms with Crippen LogP contribution < -0.4 is 0 Å². The molecule has 2 nitrogen and oxygen atoms in total. The zero-order chi connectivity index (χ0) is 8.69. The molecule has 65 valence electrons. The molecule has 11 heavy (non-hydrogen) atoms. The Morgan fingerprint density at radius 1 is 1.55 bits per heavy atom. The highest BCUT2D eigenvalue weighted by Gasteiger charge is 2.12. The Hall–Kier alpha value is -0.530. The number of ether oxygens (including phenoxy) is 1. The first-order chi connectivity index (χ1) is 5.22. The molecule has 0 fully saturated rings. The summed E-state index contributed by atoms with van der Waals surface area (Å²) in [6.45, 7) is 8.08. The van der Waals surface area contributed by atoms with Crippen molar-refractivity contribution in [1.29, 1.82) is 0 Å². The first-order valence-electron chi connectivity index (χ1n) is 4.22. The van der Waals surface area contributed by atoms with Crippen molar-refractivity contribution in [2.45, 2.75) is 33.1 Å². The zero-order valence-corrected chi connectivity index (χ0v) is 7.43. The minimum absolute atomic E-state index is 0.166. The SMILES string of the molecule is [CH2]C(CCCC)C(=O)OCC. The van der Waals surface area contributed by atoms with Gasteiger partial charge in [-0.3, -0.25) is 4.79 Å². The van der Waals surface area contributed by atoms with Crippen molar-refractivity contribution in [3.8, 4) is 0 Å². The third-order valence-corrected chi connectivity index (χ3v) is 1.53. The van der Waals surface area contributed by atoms with Crippen LogP contribution in [0.25, 0.3) is 0 Å². The van der Waals surface area contributed by atoms with Crippen LogP contribution in [0.4, 0.5) is 0 Å². The van der Waals surface area contributed by atoms with E-state index in [2.05, 4.69) is 13.8 Å². The molecule has 0 saturated carbocycles. The number of hydrogen-bond acceptors (Lipinski definition) is 2. The highest BCUT2D eigenvalue weighted by atomic mass is 16.5. The fraction of sp³-hybridized carbons (Fsp3) is 0.778. The van der Waals surface area contributed by atoms with E-state index in [1.165, 1.54) is 0 Å². The Morgan fingerprint density at radius 3 is 2.64 bits per heavy atom. The maximum atomic E-state index is 11.0. The fourth-order valence-corrected chi connectivity index (χ4v) is 0.828. The van der Waals surface area contributed by atoms with E-state index < -0.39 is 0 Å². The molecule has 0 aliphatic heterocycles. The molecular formula is C9H17O2. The summed E-state index contributed by atoms with van der Waals surface area (Å²) >= 11 is 0. The van der Waals surface area contributed by atoms with Crippen LogP contribution in [-0.2, 0) is 9.53 Å². The third-order valence-electron chi connectivity index (χ3n) is 1.53. The Labute approximate surface area is 68.9 Å². The molecule has 0 amide bonds. The average Bonchev–Trinajstić information content (AvgIpc) is 2.00. The van der Waals surface area contributed by atoms with E-state index in [1.807, 2.05) is 6.92 Å². The Balaban J connectivity index is 3.46. The molecule has 1 radical (unpaired) electrons. The van der Waals surface area contributed by atoms with Gasteiger partial charge in [0.15, 0.2) is 0 Å². The van der Waals surface area contributed by atoms with Crippen LogP contribution in [0.3, 0.4) is 0 Å². The van der Waals surface area contributed by atoms with Crippen LogP contribution in [0.5, 0.6) is 0 Å². The van der Waals surface area contributed by atoms with Crippen molar-refractivity contribution in [2.75, 3.05) is 6.61 Å². The van der Waals surface area contributed by atoms with Crippen molar-refractivity contribution < 1.29 is 9.53 Å². The lowest BCUT2D eigenvalue weighted by Crippen LogP contribution is -2.14.